The summed E-state index contributed by atoms with van der Waals surface area (Å²) in [6.45, 7) is 6.38. The third kappa shape index (κ3) is 4.86. The van der Waals surface area contributed by atoms with Crippen LogP contribution in [0.3, 0.4) is 0 Å². The molecule has 2 unspecified atom stereocenters. The molecular formula is C19H26F3N3O2. The first kappa shape index (κ1) is 19.8. The van der Waals surface area contributed by atoms with E-state index in [0.717, 1.165) is 43.8 Å². The van der Waals surface area contributed by atoms with Gasteiger partial charge in [0, 0.05) is 26.2 Å². The Labute approximate surface area is 157 Å². The van der Waals surface area contributed by atoms with Crippen LogP contribution in [0.25, 0.3) is 0 Å². The van der Waals surface area contributed by atoms with Gasteiger partial charge in [-0.25, -0.2) is 0 Å². The highest BCUT2D eigenvalue weighted by molar-refractivity contribution is 5.83. The SMILES string of the molecule is CC1CN(C(=O)CNc2cc(C(F)(F)F)ccc2N2CCCC2)CC(C)O1. The molecule has 0 spiro atoms. The van der Waals surface area contributed by atoms with Gasteiger partial charge >= 0.3 is 6.18 Å². The van der Waals surface area contributed by atoms with E-state index in [-0.39, 0.29) is 24.7 Å². The van der Waals surface area contributed by atoms with Crippen LogP contribution in [-0.4, -0.2) is 55.7 Å². The average molecular weight is 385 g/mol. The lowest BCUT2D eigenvalue weighted by Crippen LogP contribution is -2.49. The topological polar surface area (TPSA) is 44.8 Å². The van der Waals surface area contributed by atoms with Gasteiger partial charge < -0.3 is 19.9 Å². The number of ether oxygens (including phenoxy) is 1. The summed E-state index contributed by atoms with van der Waals surface area (Å²) in [5, 5.41) is 2.96. The Kier molecular flexibility index (Phi) is 5.83. The number of amides is 1. The maximum absolute atomic E-state index is 13.1. The van der Waals surface area contributed by atoms with Gasteiger partial charge in [0.05, 0.1) is 35.7 Å². The van der Waals surface area contributed by atoms with Crippen LogP contribution in [0, 0.1) is 0 Å². The maximum Gasteiger partial charge on any atom is 0.416 e. The van der Waals surface area contributed by atoms with Gasteiger partial charge in [0.2, 0.25) is 5.91 Å². The van der Waals surface area contributed by atoms with Crippen molar-refractivity contribution in [3.05, 3.63) is 23.8 Å². The number of morpholine rings is 1. The Bertz CT molecular complexity index is 665. The molecular weight excluding hydrogens is 359 g/mol. The molecule has 2 atom stereocenters. The van der Waals surface area contributed by atoms with Crippen LogP contribution in [0.5, 0.6) is 0 Å². The van der Waals surface area contributed by atoms with E-state index >= 15 is 0 Å². The Morgan fingerprint density at radius 3 is 2.41 bits per heavy atom. The summed E-state index contributed by atoms with van der Waals surface area (Å²) < 4.78 is 45.0. The number of benzene rings is 1. The highest BCUT2D eigenvalue weighted by Gasteiger charge is 2.32. The molecule has 2 fully saturated rings. The zero-order valence-corrected chi connectivity index (χ0v) is 15.7. The predicted octanol–water partition coefficient (Wildman–Crippen LogP) is 3.35. The number of hydrogen-bond acceptors (Lipinski definition) is 4. The number of hydrogen-bond donors (Lipinski definition) is 1. The lowest BCUT2D eigenvalue weighted by atomic mass is 10.1. The Morgan fingerprint density at radius 2 is 1.81 bits per heavy atom. The Balaban J connectivity index is 1.74. The van der Waals surface area contributed by atoms with E-state index in [0.29, 0.717) is 18.8 Å². The third-order valence-electron chi connectivity index (χ3n) is 4.97. The largest absolute Gasteiger partial charge is 0.416 e. The van der Waals surface area contributed by atoms with Gasteiger partial charge in [-0.15, -0.1) is 0 Å². The number of nitrogens with one attached hydrogen (secondary N) is 1. The van der Waals surface area contributed by atoms with Crippen molar-refractivity contribution < 1.29 is 22.7 Å². The van der Waals surface area contributed by atoms with E-state index < -0.39 is 11.7 Å². The normalized spacial score (nSPS) is 23.6. The van der Waals surface area contributed by atoms with Gasteiger partial charge in [-0.2, -0.15) is 13.2 Å². The molecule has 150 valence electrons. The van der Waals surface area contributed by atoms with E-state index in [4.69, 9.17) is 4.74 Å². The number of carbonyl (C=O) groups is 1. The van der Waals surface area contributed by atoms with Gasteiger partial charge in [0.25, 0.3) is 0 Å². The van der Waals surface area contributed by atoms with Gasteiger partial charge in [0.1, 0.15) is 0 Å². The molecule has 1 aromatic rings. The van der Waals surface area contributed by atoms with Crippen LogP contribution in [0.2, 0.25) is 0 Å². The number of halogens is 3. The number of anilines is 2. The minimum absolute atomic E-state index is 0.0401. The molecule has 2 saturated heterocycles. The first-order valence-electron chi connectivity index (χ1n) is 9.37. The highest BCUT2D eigenvalue weighted by Crippen LogP contribution is 2.36. The number of carbonyl (C=O) groups excluding carboxylic acids is 1. The summed E-state index contributed by atoms with van der Waals surface area (Å²) >= 11 is 0. The first-order chi connectivity index (χ1) is 12.7. The van der Waals surface area contributed by atoms with Crippen molar-refractivity contribution in [3.63, 3.8) is 0 Å². The van der Waals surface area contributed by atoms with E-state index in [1.165, 1.54) is 6.07 Å². The van der Waals surface area contributed by atoms with Crippen LogP contribution in [0.1, 0.15) is 32.3 Å². The summed E-state index contributed by atoms with van der Waals surface area (Å²) in [6, 6.07) is 3.71. The molecule has 0 radical (unpaired) electrons. The minimum atomic E-state index is -4.42. The number of nitrogens with zero attached hydrogens (tertiary/aromatic N) is 2. The standard InChI is InChI=1S/C19H26F3N3O2/c1-13-11-25(12-14(2)27-13)18(26)10-23-16-9-15(19(20,21)22)5-6-17(16)24-7-3-4-8-24/h5-6,9,13-14,23H,3-4,7-8,10-12H2,1-2H3. The zero-order valence-electron chi connectivity index (χ0n) is 15.7. The molecule has 1 amide bonds. The Hall–Kier alpha value is -1.96. The summed E-state index contributed by atoms with van der Waals surface area (Å²) in [6.07, 6.45) is -2.48. The van der Waals surface area contributed by atoms with Crippen molar-refractivity contribution in [1.82, 2.24) is 4.90 Å². The second-order valence-corrected chi connectivity index (χ2v) is 7.33. The molecule has 3 rings (SSSR count). The summed E-state index contributed by atoms with van der Waals surface area (Å²) in [4.78, 5) is 16.3. The lowest BCUT2D eigenvalue weighted by molar-refractivity contribution is -0.141. The van der Waals surface area contributed by atoms with Gasteiger partial charge in [-0.05, 0) is 44.9 Å². The fourth-order valence-corrected chi connectivity index (χ4v) is 3.75. The monoisotopic (exact) mass is 385 g/mol. The molecule has 2 heterocycles. The summed E-state index contributed by atoms with van der Waals surface area (Å²) in [7, 11) is 0. The number of rotatable bonds is 4. The van der Waals surface area contributed by atoms with Crippen molar-refractivity contribution in [1.29, 1.82) is 0 Å². The molecule has 1 N–H and O–H groups in total. The van der Waals surface area contributed by atoms with Gasteiger partial charge in [-0.3, -0.25) is 4.79 Å². The van der Waals surface area contributed by atoms with E-state index in [9.17, 15) is 18.0 Å². The molecule has 0 bridgehead atoms. The van der Waals surface area contributed by atoms with Crippen molar-refractivity contribution in [2.24, 2.45) is 0 Å². The van der Waals surface area contributed by atoms with Crippen molar-refractivity contribution in [3.8, 4) is 0 Å². The number of alkyl halides is 3. The van der Waals surface area contributed by atoms with Crippen LogP contribution in [0.4, 0.5) is 24.5 Å². The van der Waals surface area contributed by atoms with Crippen molar-refractivity contribution in [2.75, 3.05) is 42.9 Å². The Morgan fingerprint density at radius 1 is 1.19 bits per heavy atom. The fraction of sp³-hybridized carbons (Fsp3) is 0.632. The first-order valence-corrected chi connectivity index (χ1v) is 9.37. The molecule has 5 nitrogen and oxygen atoms in total. The molecule has 0 aliphatic carbocycles. The quantitative estimate of drug-likeness (QED) is 0.863. The molecule has 0 aromatic heterocycles. The minimum Gasteiger partial charge on any atom is -0.374 e. The van der Waals surface area contributed by atoms with E-state index in [2.05, 4.69) is 10.2 Å². The zero-order chi connectivity index (χ0) is 19.6. The third-order valence-corrected chi connectivity index (χ3v) is 4.97. The van der Waals surface area contributed by atoms with Crippen molar-refractivity contribution in [2.45, 2.75) is 45.1 Å². The van der Waals surface area contributed by atoms with Gasteiger partial charge in [-0.1, -0.05) is 0 Å². The van der Waals surface area contributed by atoms with E-state index in [1.54, 1.807) is 4.90 Å². The molecule has 0 saturated carbocycles. The highest BCUT2D eigenvalue weighted by atomic mass is 19.4. The van der Waals surface area contributed by atoms with Crippen LogP contribution < -0.4 is 10.2 Å². The second kappa shape index (κ2) is 7.96. The summed E-state index contributed by atoms with van der Waals surface area (Å²) in [5.41, 5.74) is 0.362. The molecule has 2 aliphatic rings. The molecule has 1 aromatic carbocycles. The van der Waals surface area contributed by atoms with Crippen LogP contribution in [-0.2, 0) is 15.7 Å². The maximum atomic E-state index is 13.1. The second-order valence-electron chi connectivity index (χ2n) is 7.33. The van der Waals surface area contributed by atoms with Crippen LogP contribution in [0.15, 0.2) is 18.2 Å². The lowest BCUT2D eigenvalue weighted by Gasteiger charge is -2.35. The van der Waals surface area contributed by atoms with Crippen LogP contribution >= 0.6 is 0 Å². The summed E-state index contributed by atoms with van der Waals surface area (Å²) in [5.74, 6) is -0.137. The molecule has 2 aliphatic heterocycles. The average Bonchev–Trinajstić information content (AvgIpc) is 3.12. The molecule has 27 heavy (non-hydrogen) atoms. The predicted molar refractivity (Wildman–Crippen MR) is 98.0 cm³/mol. The smallest absolute Gasteiger partial charge is 0.374 e. The van der Waals surface area contributed by atoms with E-state index in [1.807, 2.05) is 13.8 Å². The fourth-order valence-electron chi connectivity index (χ4n) is 3.75. The van der Waals surface area contributed by atoms with Crippen molar-refractivity contribution >= 4 is 17.3 Å². The molecule has 8 heteroatoms. The van der Waals surface area contributed by atoms with Gasteiger partial charge in [0.15, 0.2) is 0 Å².